The maximum atomic E-state index is 11.5. The number of nitrogens with one attached hydrogen (secondary N) is 2. The zero-order valence-corrected chi connectivity index (χ0v) is 10.6. The maximum absolute atomic E-state index is 11.5. The fourth-order valence-corrected chi connectivity index (χ4v) is 1.65. The lowest BCUT2D eigenvalue weighted by Crippen LogP contribution is -2.27. The molecule has 1 rings (SSSR count). The molecule has 0 aliphatic rings. The molecule has 5 nitrogen and oxygen atoms in total. The molecule has 0 unspecified atom stereocenters. The highest BCUT2D eigenvalue weighted by atomic mass is 16.5. The van der Waals surface area contributed by atoms with E-state index in [1.54, 1.807) is 26.1 Å². The number of amidine groups is 1. The van der Waals surface area contributed by atoms with Crippen molar-refractivity contribution in [2.75, 3.05) is 13.7 Å². The monoisotopic (exact) mass is 250 g/mol. The molecule has 1 aromatic carbocycles. The van der Waals surface area contributed by atoms with Gasteiger partial charge in [0.05, 0.1) is 18.9 Å². The van der Waals surface area contributed by atoms with Gasteiger partial charge < -0.3 is 15.2 Å². The van der Waals surface area contributed by atoms with Crippen LogP contribution in [0.3, 0.4) is 0 Å². The number of rotatable bonds is 5. The van der Waals surface area contributed by atoms with Crippen LogP contribution in [0.25, 0.3) is 0 Å². The molecule has 1 aromatic rings. The van der Waals surface area contributed by atoms with Crippen LogP contribution in [0.1, 0.15) is 24.8 Å². The van der Waals surface area contributed by atoms with Gasteiger partial charge in [0.2, 0.25) is 0 Å². The topological polar surface area (TPSA) is 82.4 Å². The molecule has 0 spiro atoms. The second-order valence-electron chi connectivity index (χ2n) is 3.82. The first-order chi connectivity index (χ1) is 8.58. The van der Waals surface area contributed by atoms with Gasteiger partial charge in [-0.3, -0.25) is 10.2 Å². The van der Waals surface area contributed by atoms with Crippen molar-refractivity contribution in [2.45, 2.75) is 19.3 Å². The Morgan fingerprint density at radius 3 is 2.56 bits per heavy atom. The van der Waals surface area contributed by atoms with Crippen LogP contribution in [0, 0.1) is 5.41 Å². The number of benzene rings is 1. The highest BCUT2D eigenvalue weighted by molar-refractivity contribution is 5.90. The number of likely N-dealkylation sites (N-methyl/N-ethyl adjacent to an activating group) is 1. The van der Waals surface area contributed by atoms with Crippen molar-refractivity contribution < 1.29 is 14.6 Å². The number of carbonyl (C=O) groups excluding carboxylic acids is 1. The Morgan fingerprint density at radius 2 is 2.06 bits per heavy atom. The first-order valence-corrected chi connectivity index (χ1v) is 5.79. The second-order valence-corrected chi connectivity index (χ2v) is 3.82. The van der Waals surface area contributed by atoms with Crippen LogP contribution in [0.15, 0.2) is 24.3 Å². The van der Waals surface area contributed by atoms with Gasteiger partial charge in [0.25, 0.3) is 0 Å². The Morgan fingerprint density at radius 1 is 1.44 bits per heavy atom. The summed E-state index contributed by atoms with van der Waals surface area (Å²) >= 11 is 0. The van der Waals surface area contributed by atoms with Crippen LogP contribution < -0.4 is 5.32 Å². The lowest BCUT2D eigenvalue weighted by atomic mass is 9.94. The number of phenols is 1. The summed E-state index contributed by atoms with van der Waals surface area (Å²) in [6.07, 6.45) is 0.109. The molecule has 0 aromatic heterocycles. The van der Waals surface area contributed by atoms with Gasteiger partial charge in [-0.25, -0.2) is 0 Å². The van der Waals surface area contributed by atoms with Crippen molar-refractivity contribution in [1.29, 1.82) is 5.41 Å². The summed E-state index contributed by atoms with van der Waals surface area (Å²) in [6.45, 7) is 2.07. The van der Waals surface area contributed by atoms with Crippen molar-refractivity contribution in [3.8, 4) is 5.75 Å². The fourth-order valence-electron chi connectivity index (χ4n) is 1.65. The summed E-state index contributed by atoms with van der Waals surface area (Å²) in [5, 5.41) is 19.8. The quantitative estimate of drug-likeness (QED) is 0.421. The van der Waals surface area contributed by atoms with E-state index in [1.807, 2.05) is 0 Å². The molecule has 0 saturated heterocycles. The Hall–Kier alpha value is -2.04. The fraction of sp³-hybridized carbons (Fsp3) is 0.385. The van der Waals surface area contributed by atoms with E-state index >= 15 is 0 Å². The van der Waals surface area contributed by atoms with Gasteiger partial charge in [0.1, 0.15) is 11.6 Å². The molecular weight excluding hydrogens is 232 g/mol. The summed E-state index contributed by atoms with van der Waals surface area (Å²) in [6, 6.07) is 6.48. The van der Waals surface area contributed by atoms with Crippen molar-refractivity contribution >= 4 is 11.8 Å². The molecule has 18 heavy (non-hydrogen) atoms. The number of hydrogen-bond donors (Lipinski definition) is 3. The maximum Gasteiger partial charge on any atom is 0.306 e. The van der Waals surface area contributed by atoms with Gasteiger partial charge in [0.15, 0.2) is 0 Å². The van der Waals surface area contributed by atoms with Gasteiger partial charge in [0, 0.05) is 7.05 Å². The normalized spacial score (nSPS) is 11.7. The molecule has 0 saturated carbocycles. The minimum Gasteiger partial charge on any atom is -0.508 e. The van der Waals surface area contributed by atoms with Crippen molar-refractivity contribution in [2.24, 2.45) is 0 Å². The molecule has 5 heteroatoms. The summed E-state index contributed by atoms with van der Waals surface area (Å²) < 4.78 is 4.90. The molecule has 0 amide bonds. The van der Waals surface area contributed by atoms with Crippen LogP contribution in [-0.2, 0) is 9.53 Å². The molecular formula is C13H18N2O3. The third-order valence-corrected chi connectivity index (χ3v) is 2.59. The molecule has 0 bridgehead atoms. The lowest BCUT2D eigenvalue weighted by molar-refractivity contribution is -0.143. The molecule has 0 aliphatic carbocycles. The van der Waals surface area contributed by atoms with Gasteiger partial charge in [-0.15, -0.1) is 0 Å². The Balaban J connectivity index is 2.88. The summed E-state index contributed by atoms with van der Waals surface area (Å²) in [7, 11) is 1.64. The largest absolute Gasteiger partial charge is 0.508 e. The number of phenolic OH excluding ortho intramolecular Hbond substituents is 1. The van der Waals surface area contributed by atoms with Crippen LogP contribution in [0.5, 0.6) is 5.75 Å². The van der Waals surface area contributed by atoms with E-state index < -0.39 is 0 Å². The predicted octanol–water partition coefficient (Wildman–Crippen LogP) is 1.63. The summed E-state index contributed by atoms with van der Waals surface area (Å²) in [5.41, 5.74) is 0.792. The van der Waals surface area contributed by atoms with Crippen molar-refractivity contribution in [3.63, 3.8) is 0 Å². The number of esters is 1. The van der Waals surface area contributed by atoms with E-state index in [2.05, 4.69) is 5.32 Å². The third-order valence-electron chi connectivity index (χ3n) is 2.59. The van der Waals surface area contributed by atoms with Crippen LogP contribution >= 0.6 is 0 Å². The molecule has 1 atom stereocenters. The van der Waals surface area contributed by atoms with E-state index in [1.165, 1.54) is 12.1 Å². The van der Waals surface area contributed by atoms with Crippen molar-refractivity contribution in [3.05, 3.63) is 29.8 Å². The van der Waals surface area contributed by atoms with Crippen LogP contribution in [-0.4, -0.2) is 30.6 Å². The number of aromatic hydroxyl groups is 1. The Labute approximate surface area is 106 Å². The first-order valence-electron chi connectivity index (χ1n) is 5.79. The molecule has 0 heterocycles. The standard InChI is InChI=1S/C13H18N2O3/c1-3-18-12(17)8-11(13(14)15-2)9-4-6-10(16)7-5-9/h4-7,11,16H,3,8H2,1-2H3,(H2,14,15)/t11-/m0/s1. The molecule has 3 N–H and O–H groups in total. The Bertz CT molecular complexity index is 415. The number of carbonyl (C=O) groups is 1. The lowest BCUT2D eigenvalue weighted by Gasteiger charge is -2.17. The average Bonchev–Trinajstić information content (AvgIpc) is 2.36. The first kappa shape index (κ1) is 14.0. The summed E-state index contributed by atoms with van der Waals surface area (Å²) in [4.78, 5) is 11.5. The zero-order chi connectivity index (χ0) is 13.5. The van der Waals surface area contributed by atoms with E-state index in [4.69, 9.17) is 10.1 Å². The third kappa shape index (κ3) is 3.76. The minimum atomic E-state index is -0.380. The van der Waals surface area contributed by atoms with Crippen LogP contribution in [0.4, 0.5) is 0 Å². The summed E-state index contributed by atoms with van der Waals surface area (Å²) in [5.74, 6) is -0.316. The number of ether oxygens (including phenoxy) is 1. The van der Waals surface area contributed by atoms with E-state index in [0.717, 1.165) is 5.56 Å². The van der Waals surface area contributed by atoms with Crippen LogP contribution in [0.2, 0.25) is 0 Å². The predicted molar refractivity (Wildman–Crippen MR) is 68.9 cm³/mol. The highest BCUT2D eigenvalue weighted by Crippen LogP contribution is 2.23. The highest BCUT2D eigenvalue weighted by Gasteiger charge is 2.20. The van der Waals surface area contributed by atoms with Gasteiger partial charge in [-0.05, 0) is 24.6 Å². The van der Waals surface area contributed by atoms with E-state index in [-0.39, 0.29) is 29.9 Å². The minimum absolute atomic E-state index is 0.109. The SMILES string of the molecule is CCOC(=O)C[C@H](C(=N)NC)c1ccc(O)cc1. The average molecular weight is 250 g/mol. The van der Waals surface area contributed by atoms with Crippen molar-refractivity contribution in [1.82, 2.24) is 5.32 Å². The van der Waals surface area contributed by atoms with Gasteiger partial charge in [-0.1, -0.05) is 12.1 Å². The van der Waals surface area contributed by atoms with E-state index in [9.17, 15) is 9.90 Å². The molecule has 0 fully saturated rings. The molecule has 0 aliphatic heterocycles. The van der Waals surface area contributed by atoms with Gasteiger partial charge in [-0.2, -0.15) is 0 Å². The zero-order valence-electron chi connectivity index (χ0n) is 10.6. The van der Waals surface area contributed by atoms with E-state index in [0.29, 0.717) is 6.61 Å². The number of hydrogen-bond acceptors (Lipinski definition) is 4. The Kier molecular flexibility index (Phi) is 5.17. The van der Waals surface area contributed by atoms with Gasteiger partial charge >= 0.3 is 5.97 Å². The molecule has 0 radical (unpaired) electrons. The molecule has 98 valence electrons. The second kappa shape index (κ2) is 6.64. The smallest absolute Gasteiger partial charge is 0.306 e.